The van der Waals surface area contributed by atoms with Gasteiger partial charge in [-0.15, -0.1) is 25.5 Å². The summed E-state index contributed by atoms with van der Waals surface area (Å²) >= 11 is 0. The normalized spacial score (nSPS) is 15.6. The highest BCUT2D eigenvalue weighted by atomic mass is 16.6. The van der Waals surface area contributed by atoms with Crippen molar-refractivity contribution in [1.29, 1.82) is 0 Å². The zero-order valence-electron chi connectivity index (χ0n) is 67.9. The second-order valence-electron chi connectivity index (χ2n) is 31.6. The van der Waals surface area contributed by atoms with Gasteiger partial charge < -0.3 is 42.0 Å². The predicted octanol–water partition coefficient (Wildman–Crippen LogP) is 14.6. The van der Waals surface area contributed by atoms with E-state index in [-0.39, 0.29) is 94.8 Å². The molecule has 0 aliphatic heterocycles. The van der Waals surface area contributed by atoms with Crippen LogP contribution in [-0.4, -0.2) is 142 Å². The Labute approximate surface area is 641 Å². The first kappa shape index (κ1) is 97.0. The van der Waals surface area contributed by atoms with Gasteiger partial charge in [0.1, 0.15) is 34.8 Å². The first-order valence-corrected chi connectivity index (χ1v) is 38.3. The third-order valence-electron chi connectivity index (χ3n) is 17.5. The standard InChI is InChI=1S/C26H46N2O4.C24H30N4O4.C15H31NO.C13H14N6O3.C2H6.CHO2/c1-25(2,3)18-20(22(29)26(4,5)6)12-8-9-17-28-24(31)32-21-15-10-13-19(14-11-16-21)23(30)27-7;1-3-21(29)16-7-4-5-8-18-19(13-16)15(2)27-28-24(18)20-12-11-17(14-25-20)26-22(30)9-6-10-23(31)32;1-14(2,3)11-12(9-7-8-10-16)13(17)15(4,5)6;1-8-16-18-13(19-17-8)10-6-5-9(7-14-10)15-11(20)3-2-4-12(21)22;1-2;2-1-3/h10,15,19-21H,8-9,11-14,16-18H2,1-7H3,(H,27,30)(H,28,31);11-12,14,16H,3-10,13H2,1-2H3,(H,26,30)(H,31,32);12H,7-11,16H2,1-6H3;5-7H,2-4H2,1H3,(H,15,20)(H,21,22);1-2H3;(H,2,3)/q;;;;;+1/b15-10+;;;;;/t19?,20-,21?;;12-;;;/m0.0.../s1. The molecule has 4 aromatic heterocycles. The van der Waals surface area contributed by atoms with E-state index in [4.69, 9.17) is 30.6 Å². The number of amides is 4. The molecule has 27 heteroatoms. The SMILES string of the molecule is CC.CC(C)(C)C[C@H](CCCCN)C(=O)C(C)(C)C.CCC(=O)C1CCCCc2c(-c3ccc(NC(=O)CCCC(=O)O)cn3)nnc(C)c2C1.CNC(=O)C1C/C=C/C(OC(=O)NCCCC[C@@H](CC(C)(C)C)C(=O)C(C)(C)C)CCC1.Cc1nnc(-c2ccc(NC(=O)CCCC(=O)O)cn2)nn1.O=[C+]O. The van der Waals surface area contributed by atoms with E-state index in [2.05, 4.69) is 103 Å². The Hall–Kier alpha value is -8.97. The second-order valence-corrected chi connectivity index (χ2v) is 31.6. The average molecular weight is 1510 g/mol. The molecular formula is C81H128N13O14+. The summed E-state index contributed by atoms with van der Waals surface area (Å²) < 4.78 is 5.53. The first-order valence-electron chi connectivity index (χ1n) is 38.3. The lowest BCUT2D eigenvalue weighted by molar-refractivity contribution is -0.138. The van der Waals surface area contributed by atoms with Crippen molar-refractivity contribution in [2.75, 3.05) is 30.8 Å². The Morgan fingerprint density at radius 2 is 1.12 bits per heavy atom. The fourth-order valence-electron chi connectivity index (χ4n) is 12.3. The number of unbranched alkanes of at least 4 members (excludes halogenated alkanes) is 2. The molecule has 27 nitrogen and oxygen atoms in total. The van der Waals surface area contributed by atoms with E-state index in [1.54, 1.807) is 44.4 Å². The summed E-state index contributed by atoms with van der Waals surface area (Å²) in [7, 11) is 1.66. The van der Waals surface area contributed by atoms with Gasteiger partial charge in [-0.25, -0.2) is 9.90 Å². The summed E-state index contributed by atoms with van der Waals surface area (Å²) in [5.74, 6) is -0.182. The largest absolute Gasteiger partial charge is 0.794 e. The fourth-order valence-corrected chi connectivity index (χ4v) is 12.3. The number of carbonyl (C=O) groups excluding carboxylic acids is 7. The Morgan fingerprint density at radius 3 is 1.57 bits per heavy atom. The van der Waals surface area contributed by atoms with Crippen LogP contribution < -0.4 is 27.0 Å². The number of alkyl carbamates (subject to hydrolysis) is 1. The molecule has 0 spiro atoms. The number of anilines is 2. The minimum absolute atomic E-state index is 0.00157. The molecule has 4 amide bonds. The van der Waals surface area contributed by atoms with Crippen molar-refractivity contribution in [3.05, 3.63) is 71.5 Å². The molecule has 6 rings (SSSR count). The van der Waals surface area contributed by atoms with E-state index < -0.39 is 18.0 Å². The number of aryl methyl sites for hydroxylation is 2. The topological polar surface area (TPSA) is 418 Å². The van der Waals surface area contributed by atoms with E-state index in [1.165, 1.54) is 6.20 Å². The van der Waals surface area contributed by atoms with Crippen LogP contribution >= 0.6 is 0 Å². The molecule has 108 heavy (non-hydrogen) atoms. The molecule has 0 aromatic carbocycles. The summed E-state index contributed by atoms with van der Waals surface area (Å²) in [5, 5.41) is 59.0. The van der Waals surface area contributed by atoms with Crippen LogP contribution in [-0.2, 0) is 60.7 Å². The average Bonchev–Trinajstić information content (AvgIpc) is 0.790. The minimum Gasteiger partial charge on any atom is -0.481 e. The van der Waals surface area contributed by atoms with Crippen molar-refractivity contribution >= 4 is 71.0 Å². The second kappa shape index (κ2) is 50.6. The summed E-state index contributed by atoms with van der Waals surface area (Å²) in [6.07, 6.45) is 22.6. The van der Waals surface area contributed by atoms with Gasteiger partial charge in [-0.1, -0.05) is 129 Å². The molecule has 0 saturated carbocycles. The van der Waals surface area contributed by atoms with Gasteiger partial charge in [0.15, 0.2) is 5.82 Å². The smallest absolute Gasteiger partial charge is 0.481 e. The first-order chi connectivity index (χ1) is 50.7. The van der Waals surface area contributed by atoms with Gasteiger partial charge in [0.2, 0.25) is 23.5 Å². The molecule has 2 aliphatic carbocycles. The molecule has 0 fully saturated rings. The van der Waals surface area contributed by atoms with Crippen molar-refractivity contribution in [3.63, 3.8) is 0 Å². The van der Waals surface area contributed by atoms with Crippen LogP contribution in [0.1, 0.15) is 268 Å². The maximum atomic E-state index is 12.8. The van der Waals surface area contributed by atoms with Crippen molar-refractivity contribution in [2.24, 2.45) is 51.1 Å². The predicted molar refractivity (Wildman–Crippen MR) is 420 cm³/mol. The number of carbonyl (C=O) groups is 9. The van der Waals surface area contributed by atoms with Gasteiger partial charge in [0.05, 0.1) is 40.0 Å². The number of rotatable bonds is 29. The van der Waals surface area contributed by atoms with E-state index in [0.29, 0.717) is 96.9 Å². The number of allylic oxidation sites excluding steroid dienone is 1. The molecule has 9 N–H and O–H groups in total. The summed E-state index contributed by atoms with van der Waals surface area (Å²) in [6.45, 7) is 36.5. The lowest BCUT2D eigenvalue weighted by atomic mass is 9.74. The maximum Gasteiger partial charge on any atom is 0.794 e. The molecule has 4 heterocycles. The number of fused-ring (bicyclic) bond motifs is 1. The van der Waals surface area contributed by atoms with Crippen LogP contribution in [0.5, 0.6) is 0 Å². The molecule has 3 unspecified atom stereocenters. The van der Waals surface area contributed by atoms with E-state index in [0.717, 1.165) is 125 Å². The van der Waals surface area contributed by atoms with E-state index in [1.807, 2.05) is 81.4 Å². The monoisotopic (exact) mass is 1510 g/mol. The number of Topliss-reactive ketones (excluding diaryl/α,β-unsaturated/α-hetero) is 3. The van der Waals surface area contributed by atoms with Crippen molar-refractivity contribution in [2.45, 2.75) is 278 Å². The van der Waals surface area contributed by atoms with Gasteiger partial charge in [0.25, 0.3) is 0 Å². The third-order valence-corrected chi connectivity index (χ3v) is 17.5. The number of aliphatic carboxylic acids is 2. The molecular weight excluding hydrogens is 1380 g/mol. The molecule has 4 aromatic rings. The summed E-state index contributed by atoms with van der Waals surface area (Å²) in [4.78, 5) is 123. The number of hydrogen-bond acceptors (Lipinski definition) is 20. The molecule has 600 valence electrons. The summed E-state index contributed by atoms with van der Waals surface area (Å²) in [6, 6.07) is 6.86. The van der Waals surface area contributed by atoms with Crippen molar-refractivity contribution in [1.82, 2.24) is 51.2 Å². The minimum atomic E-state index is -0.917. The number of carboxylic acids is 2. The van der Waals surface area contributed by atoms with Gasteiger partial charge in [0, 0.05) is 80.2 Å². The van der Waals surface area contributed by atoms with Crippen LogP contribution in [0.2, 0.25) is 0 Å². The van der Waals surface area contributed by atoms with Gasteiger partial charge in [-0.05, 0) is 175 Å². The number of aliphatic hydroxyl groups excluding tert-OH is 1. The van der Waals surface area contributed by atoms with Crippen molar-refractivity contribution in [3.8, 4) is 22.9 Å². The highest BCUT2D eigenvalue weighted by Crippen LogP contribution is 2.36. The quantitative estimate of drug-likeness (QED) is 0.0142. The molecule has 0 saturated heterocycles. The van der Waals surface area contributed by atoms with Crippen LogP contribution in [0, 0.1) is 59.2 Å². The van der Waals surface area contributed by atoms with Crippen LogP contribution in [0.3, 0.4) is 0 Å². The lowest BCUT2D eigenvalue weighted by Gasteiger charge is -2.30. The molecule has 5 atom stereocenters. The Morgan fingerprint density at radius 1 is 0.620 bits per heavy atom. The molecule has 2 aliphatic rings. The number of ether oxygens (including phenoxy) is 1. The number of aromatic nitrogens is 8. The Kier molecular flexibility index (Phi) is 45.5. The zero-order chi connectivity index (χ0) is 81.8. The number of hydrogen-bond donors (Lipinski definition) is 8. The highest BCUT2D eigenvalue weighted by Gasteiger charge is 2.34. The van der Waals surface area contributed by atoms with E-state index >= 15 is 0 Å². The molecule has 0 bridgehead atoms. The van der Waals surface area contributed by atoms with Crippen LogP contribution in [0.25, 0.3) is 22.9 Å². The lowest BCUT2D eigenvalue weighted by Crippen LogP contribution is -2.32. The Bertz CT molecular complexity index is 3430. The van der Waals surface area contributed by atoms with Gasteiger partial charge >= 0.3 is 24.5 Å². The van der Waals surface area contributed by atoms with Crippen molar-refractivity contribution < 1.29 is 68.0 Å². The highest BCUT2D eigenvalue weighted by molar-refractivity contribution is 5.92. The molecule has 0 radical (unpaired) electrons. The fraction of sp³-hybridized carbons (Fsp3) is 0.654. The van der Waals surface area contributed by atoms with Crippen LogP contribution in [0.15, 0.2) is 48.8 Å². The maximum absolute atomic E-state index is 12.8. The third kappa shape index (κ3) is 40.8. The van der Waals surface area contributed by atoms with Gasteiger partial charge in [-0.2, -0.15) is 5.10 Å². The number of nitrogens with one attached hydrogen (secondary N) is 4. The number of pyridine rings is 2. The van der Waals surface area contributed by atoms with Gasteiger partial charge in [-0.3, -0.25) is 48.3 Å². The Balaban J connectivity index is 0.000000724. The zero-order valence-corrected chi connectivity index (χ0v) is 67.9. The number of nitrogens with two attached hydrogens (primary N) is 1. The number of carboxylic acid groups (broad SMARTS) is 2. The number of ketones is 3. The summed E-state index contributed by atoms with van der Waals surface area (Å²) in [5.41, 5.74) is 11.3. The van der Waals surface area contributed by atoms with E-state index in [9.17, 15) is 43.2 Å². The van der Waals surface area contributed by atoms with Crippen LogP contribution in [0.4, 0.5) is 16.2 Å². The number of nitrogens with zero attached hydrogens (tertiary/aromatic N) is 8.